The van der Waals surface area contributed by atoms with Crippen LogP contribution in [0.25, 0.3) is 0 Å². The summed E-state index contributed by atoms with van der Waals surface area (Å²) < 4.78 is 10.5. The van der Waals surface area contributed by atoms with Gasteiger partial charge in [0.1, 0.15) is 0 Å². The number of carbonyl (C=O) groups is 2. The molecule has 0 aromatic heterocycles. The van der Waals surface area contributed by atoms with Crippen LogP contribution >= 0.6 is 0 Å². The minimum Gasteiger partial charge on any atom is -0.493 e. The smallest absolute Gasteiger partial charge is 0.239 e. The molecule has 27 heavy (non-hydrogen) atoms. The maximum Gasteiger partial charge on any atom is 0.239 e. The van der Waals surface area contributed by atoms with Crippen molar-refractivity contribution in [2.45, 2.75) is 19.8 Å². The first-order valence-corrected chi connectivity index (χ1v) is 8.82. The lowest BCUT2D eigenvalue weighted by molar-refractivity contribution is -0.125. The molecule has 2 aromatic rings. The van der Waals surface area contributed by atoms with Crippen molar-refractivity contribution in [3.63, 3.8) is 0 Å². The fourth-order valence-electron chi connectivity index (χ4n) is 2.67. The molecule has 0 atom stereocenters. The average Bonchev–Trinajstić information content (AvgIpc) is 2.68. The molecule has 2 aromatic carbocycles. The highest BCUT2D eigenvalue weighted by Crippen LogP contribution is 2.27. The Bertz CT molecular complexity index is 790. The second-order valence-electron chi connectivity index (χ2n) is 6.17. The number of carbonyl (C=O) groups excluding carboxylic acids is 2. The van der Waals surface area contributed by atoms with Gasteiger partial charge in [0.15, 0.2) is 11.5 Å². The van der Waals surface area contributed by atoms with E-state index in [1.165, 1.54) is 0 Å². The third kappa shape index (κ3) is 6.33. The number of rotatable bonds is 9. The summed E-state index contributed by atoms with van der Waals surface area (Å²) in [5.41, 5.74) is 3.05. The molecule has 0 bridgehead atoms. The van der Waals surface area contributed by atoms with Gasteiger partial charge in [0.2, 0.25) is 11.8 Å². The van der Waals surface area contributed by atoms with Crippen LogP contribution in [0.3, 0.4) is 0 Å². The maximum atomic E-state index is 12.0. The number of methoxy groups -OCH3 is 2. The van der Waals surface area contributed by atoms with Crippen LogP contribution in [0, 0.1) is 6.92 Å². The molecule has 6 nitrogen and oxygen atoms in total. The Morgan fingerprint density at radius 1 is 0.926 bits per heavy atom. The second-order valence-corrected chi connectivity index (χ2v) is 6.17. The number of hydrogen-bond donors (Lipinski definition) is 2. The predicted molar refractivity (Wildman–Crippen MR) is 104 cm³/mol. The monoisotopic (exact) mass is 370 g/mol. The van der Waals surface area contributed by atoms with E-state index in [1.54, 1.807) is 14.2 Å². The number of hydrogen-bond acceptors (Lipinski definition) is 4. The first-order chi connectivity index (χ1) is 13.0. The molecule has 0 saturated heterocycles. The summed E-state index contributed by atoms with van der Waals surface area (Å²) in [5.74, 6) is 0.944. The van der Waals surface area contributed by atoms with E-state index in [-0.39, 0.29) is 24.8 Å². The lowest BCUT2D eigenvalue weighted by atomic mass is 10.1. The van der Waals surface area contributed by atoms with Gasteiger partial charge in [0, 0.05) is 6.54 Å². The van der Waals surface area contributed by atoms with Crippen LogP contribution in [0.2, 0.25) is 0 Å². The van der Waals surface area contributed by atoms with Gasteiger partial charge in [0.25, 0.3) is 0 Å². The SMILES string of the molecule is COc1ccc(CCNC(=O)CNC(=O)Cc2ccccc2C)cc1OC. The number of nitrogens with one attached hydrogen (secondary N) is 2. The number of amides is 2. The van der Waals surface area contributed by atoms with E-state index in [1.807, 2.05) is 49.4 Å². The standard InChI is InChI=1S/C21H26N2O4/c1-15-6-4-5-7-17(15)13-20(24)23-14-21(25)22-11-10-16-8-9-18(26-2)19(12-16)27-3/h4-9,12H,10-11,13-14H2,1-3H3,(H,22,25)(H,23,24). The quantitative estimate of drug-likeness (QED) is 0.708. The van der Waals surface area contributed by atoms with Crippen LogP contribution in [0.1, 0.15) is 16.7 Å². The molecular formula is C21H26N2O4. The van der Waals surface area contributed by atoms with Crippen molar-refractivity contribution >= 4 is 11.8 Å². The molecule has 0 aliphatic carbocycles. The van der Waals surface area contributed by atoms with Crippen LogP contribution in [0.4, 0.5) is 0 Å². The Hall–Kier alpha value is -3.02. The lowest BCUT2D eigenvalue weighted by Crippen LogP contribution is -2.38. The van der Waals surface area contributed by atoms with Crippen molar-refractivity contribution in [2.75, 3.05) is 27.3 Å². The van der Waals surface area contributed by atoms with Gasteiger partial charge >= 0.3 is 0 Å². The van der Waals surface area contributed by atoms with Crippen LogP contribution in [0.15, 0.2) is 42.5 Å². The summed E-state index contributed by atoms with van der Waals surface area (Å²) in [7, 11) is 3.17. The van der Waals surface area contributed by atoms with Gasteiger partial charge in [-0.15, -0.1) is 0 Å². The molecule has 0 heterocycles. The molecule has 0 radical (unpaired) electrons. The zero-order valence-electron chi connectivity index (χ0n) is 16.0. The summed E-state index contributed by atoms with van der Waals surface area (Å²) in [6.07, 6.45) is 0.925. The normalized spacial score (nSPS) is 10.2. The van der Waals surface area contributed by atoms with Crippen LogP contribution in [0.5, 0.6) is 11.5 Å². The van der Waals surface area contributed by atoms with Crippen LogP contribution < -0.4 is 20.1 Å². The van der Waals surface area contributed by atoms with Crippen molar-refractivity contribution in [3.05, 3.63) is 59.2 Å². The first kappa shape index (κ1) is 20.3. The molecular weight excluding hydrogens is 344 g/mol. The average molecular weight is 370 g/mol. The first-order valence-electron chi connectivity index (χ1n) is 8.82. The van der Waals surface area contributed by atoms with E-state index in [9.17, 15) is 9.59 Å². The van der Waals surface area contributed by atoms with E-state index < -0.39 is 0 Å². The Labute approximate surface area is 159 Å². The van der Waals surface area contributed by atoms with Crippen molar-refractivity contribution in [2.24, 2.45) is 0 Å². The topological polar surface area (TPSA) is 76.7 Å². The predicted octanol–water partition coefficient (Wildman–Crippen LogP) is 2.03. The fourth-order valence-corrected chi connectivity index (χ4v) is 2.67. The minimum absolute atomic E-state index is 0.0311. The highest BCUT2D eigenvalue weighted by Gasteiger charge is 2.08. The van der Waals surface area contributed by atoms with Gasteiger partial charge in [-0.05, 0) is 42.2 Å². The highest BCUT2D eigenvalue weighted by molar-refractivity contribution is 5.85. The van der Waals surface area contributed by atoms with E-state index in [0.717, 1.165) is 16.7 Å². The largest absolute Gasteiger partial charge is 0.493 e. The second kappa shape index (κ2) is 10.2. The Morgan fingerprint density at radius 3 is 2.37 bits per heavy atom. The third-order valence-corrected chi connectivity index (χ3v) is 4.24. The van der Waals surface area contributed by atoms with Gasteiger partial charge in [-0.2, -0.15) is 0 Å². The van der Waals surface area contributed by atoms with Gasteiger partial charge in [-0.1, -0.05) is 30.3 Å². The Kier molecular flexibility index (Phi) is 7.67. The summed E-state index contributed by atoms with van der Waals surface area (Å²) in [6.45, 7) is 2.40. The van der Waals surface area contributed by atoms with Crippen molar-refractivity contribution in [3.8, 4) is 11.5 Å². The minimum atomic E-state index is -0.214. The zero-order valence-corrected chi connectivity index (χ0v) is 16.0. The zero-order chi connectivity index (χ0) is 19.6. The summed E-state index contributed by atoms with van der Waals surface area (Å²) >= 11 is 0. The third-order valence-electron chi connectivity index (χ3n) is 4.24. The van der Waals surface area contributed by atoms with Crippen LogP contribution in [-0.4, -0.2) is 39.1 Å². The summed E-state index contributed by atoms with van der Waals surface area (Å²) in [5, 5.41) is 5.45. The van der Waals surface area contributed by atoms with E-state index in [2.05, 4.69) is 10.6 Å². The van der Waals surface area contributed by atoms with Crippen LogP contribution in [-0.2, 0) is 22.4 Å². The van der Waals surface area contributed by atoms with E-state index in [0.29, 0.717) is 24.5 Å². The molecule has 0 saturated carbocycles. The van der Waals surface area contributed by atoms with Gasteiger partial charge in [0.05, 0.1) is 27.2 Å². The molecule has 144 valence electrons. The van der Waals surface area contributed by atoms with E-state index in [4.69, 9.17) is 9.47 Å². The lowest BCUT2D eigenvalue weighted by Gasteiger charge is -2.10. The van der Waals surface area contributed by atoms with E-state index >= 15 is 0 Å². The highest BCUT2D eigenvalue weighted by atomic mass is 16.5. The molecule has 2 rings (SSSR count). The Balaban J connectivity index is 1.72. The molecule has 0 spiro atoms. The summed E-state index contributed by atoms with van der Waals surface area (Å²) in [4.78, 5) is 23.9. The van der Waals surface area contributed by atoms with Gasteiger partial charge in [-0.3, -0.25) is 9.59 Å². The molecule has 0 aliphatic rings. The van der Waals surface area contributed by atoms with Gasteiger partial charge in [-0.25, -0.2) is 0 Å². The van der Waals surface area contributed by atoms with Gasteiger partial charge < -0.3 is 20.1 Å². The molecule has 2 N–H and O–H groups in total. The molecule has 0 aliphatic heterocycles. The van der Waals surface area contributed by atoms with Crippen molar-refractivity contribution in [1.29, 1.82) is 0 Å². The fraction of sp³-hybridized carbons (Fsp3) is 0.333. The van der Waals surface area contributed by atoms with Crippen molar-refractivity contribution in [1.82, 2.24) is 10.6 Å². The number of aryl methyl sites for hydroxylation is 1. The number of benzene rings is 2. The Morgan fingerprint density at radius 2 is 1.67 bits per heavy atom. The molecule has 6 heteroatoms. The molecule has 0 unspecified atom stereocenters. The molecule has 0 fully saturated rings. The molecule has 2 amide bonds. The van der Waals surface area contributed by atoms with Crippen molar-refractivity contribution < 1.29 is 19.1 Å². The summed E-state index contributed by atoms with van der Waals surface area (Å²) in [6, 6.07) is 13.4. The maximum absolute atomic E-state index is 12.0. The number of ether oxygens (including phenoxy) is 2.